The van der Waals surface area contributed by atoms with Crippen LogP contribution in [0.15, 0.2) is 179 Å². The van der Waals surface area contributed by atoms with Crippen molar-refractivity contribution >= 4 is 61.5 Å². The highest BCUT2D eigenvalue weighted by Gasteiger charge is 2.24. The number of benzene rings is 7. The van der Waals surface area contributed by atoms with Crippen molar-refractivity contribution in [1.29, 1.82) is 0 Å². The van der Waals surface area contributed by atoms with Gasteiger partial charge in [-0.2, -0.15) is 0 Å². The number of hydrogen-bond donors (Lipinski definition) is 0. The first-order chi connectivity index (χ1) is 24.8. The zero-order valence-electron chi connectivity index (χ0n) is 27.3. The maximum absolute atomic E-state index is 5.23. The Balaban J connectivity index is 1.10. The average Bonchev–Trinajstić information content (AvgIpc) is 3.69. The van der Waals surface area contributed by atoms with Gasteiger partial charge in [-0.1, -0.05) is 127 Å². The van der Waals surface area contributed by atoms with Crippen LogP contribution in [0.3, 0.4) is 0 Å². The Morgan fingerprint density at radius 1 is 0.560 bits per heavy atom. The van der Waals surface area contributed by atoms with Gasteiger partial charge in [-0.05, 0) is 92.5 Å². The van der Waals surface area contributed by atoms with E-state index in [4.69, 9.17) is 4.99 Å². The normalized spacial score (nSPS) is 15.1. The van der Waals surface area contributed by atoms with E-state index in [1.54, 1.807) is 0 Å². The van der Waals surface area contributed by atoms with E-state index in [1.807, 2.05) is 0 Å². The summed E-state index contributed by atoms with van der Waals surface area (Å²) in [5, 5.41) is 7.45. The number of para-hydroxylation sites is 1. The third kappa shape index (κ3) is 4.23. The zero-order valence-corrected chi connectivity index (χ0v) is 27.3. The largest absolute Gasteiger partial charge is 0.309 e. The van der Waals surface area contributed by atoms with Crippen LogP contribution in [0.2, 0.25) is 0 Å². The zero-order chi connectivity index (χ0) is 33.2. The third-order valence-corrected chi connectivity index (χ3v) is 10.3. The topological polar surface area (TPSA) is 29.6 Å². The molecule has 0 spiro atoms. The van der Waals surface area contributed by atoms with Gasteiger partial charge in [0.2, 0.25) is 0 Å². The standard InChI is InChI=1S/C47H31N3/c1-48-47(39-25-24-38-35-17-8-7-16-34(35)36-19-11-20-37(39)45(36)38)40-18-9-10-21-42(40)49-29-30-22-26-43-41(28-30)46-33-15-6-5-12-31(33)23-27-44(46)50(43)32-13-3-2-4-14-32/h2-28H,1,29H2/b47-40-,49-42?. The van der Waals surface area contributed by atoms with Crippen LogP contribution in [0.1, 0.15) is 11.1 Å². The Morgan fingerprint density at radius 3 is 2.14 bits per heavy atom. The Kier molecular flexibility index (Phi) is 6.40. The molecule has 7 aromatic carbocycles. The molecule has 0 saturated carbocycles. The summed E-state index contributed by atoms with van der Waals surface area (Å²) in [5.41, 5.74) is 13.6. The molecule has 0 amide bonds. The molecule has 10 rings (SSSR count). The second-order valence-corrected chi connectivity index (χ2v) is 13.0. The van der Waals surface area contributed by atoms with Crippen molar-refractivity contribution in [2.24, 2.45) is 9.98 Å². The summed E-state index contributed by atoms with van der Waals surface area (Å²) in [6.07, 6.45) is 8.31. The van der Waals surface area contributed by atoms with Crippen molar-refractivity contribution in [1.82, 2.24) is 4.57 Å². The molecule has 0 unspecified atom stereocenters. The van der Waals surface area contributed by atoms with Gasteiger partial charge in [-0.3, -0.25) is 9.98 Å². The van der Waals surface area contributed by atoms with E-state index in [1.165, 1.54) is 65.6 Å². The first-order valence-corrected chi connectivity index (χ1v) is 17.1. The molecule has 3 nitrogen and oxygen atoms in total. The lowest BCUT2D eigenvalue weighted by Crippen LogP contribution is -2.04. The molecule has 8 aromatic rings. The number of aliphatic imine (C=N–C) groups is 2. The third-order valence-electron chi connectivity index (χ3n) is 10.3. The summed E-state index contributed by atoms with van der Waals surface area (Å²) in [5.74, 6) is 0. The highest BCUT2D eigenvalue weighted by atomic mass is 15.0. The average molecular weight is 638 g/mol. The molecule has 2 aliphatic carbocycles. The number of allylic oxidation sites excluding steroid dienone is 5. The van der Waals surface area contributed by atoms with Crippen LogP contribution < -0.4 is 0 Å². The number of nitrogens with zero attached hydrogens (tertiary/aromatic N) is 3. The van der Waals surface area contributed by atoms with E-state index in [2.05, 4.69) is 180 Å². The van der Waals surface area contributed by atoms with Crippen LogP contribution in [0, 0.1) is 0 Å². The highest BCUT2D eigenvalue weighted by molar-refractivity contribution is 6.22. The highest BCUT2D eigenvalue weighted by Crippen LogP contribution is 2.49. The van der Waals surface area contributed by atoms with Gasteiger partial charge in [0.05, 0.1) is 29.0 Å². The van der Waals surface area contributed by atoms with Gasteiger partial charge in [0.15, 0.2) is 0 Å². The lowest BCUT2D eigenvalue weighted by atomic mass is 9.93. The quantitative estimate of drug-likeness (QED) is 0.168. The van der Waals surface area contributed by atoms with E-state index in [0.717, 1.165) is 33.8 Å². The molecule has 0 aliphatic heterocycles. The van der Waals surface area contributed by atoms with Crippen molar-refractivity contribution in [2.75, 3.05) is 0 Å². The maximum atomic E-state index is 5.23. The van der Waals surface area contributed by atoms with Gasteiger partial charge in [0.1, 0.15) is 0 Å². The van der Waals surface area contributed by atoms with E-state index in [0.29, 0.717) is 6.54 Å². The van der Waals surface area contributed by atoms with E-state index in [9.17, 15) is 0 Å². The number of fused-ring (bicyclic) bond motifs is 8. The summed E-state index contributed by atoms with van der Waals surface area (Å²) < 4.78 is 2.38. The van der Waals surface area contributed by atoms with Crippen LogP contribution in [0.5, 0.6) is 0 Å². The fourth-order valence-corrected chi connectivity index (χ4v) is 8.11. The summed E-state index contributed by atoms with van der Waals surface area (Å²) in [7, 11) is 0. The first kappa shape index (κ1) is 28.4. The summed E-state index contributed by atoms with van der Waals surface area (Å²) in [6, 6.07) is 50.3. The van der Waals surface area contributed by atoms with Crippen LogP contribution in [-0.4, -0.2) is 17.0 Å². The first-order valence-electron chi connectivity index (χ1n) is 17.1. The van der Waals surface area contributed by atoms with Crippen molar-refractivity contribution in [3.63, 3.8) is 0 Å². The second-order valence-electron chi connectivity index (χ2n) is 13.0. The Hall–Kier alpha value is -6.58. The van der Waals surface area contributed by atoms with Crippen molar-refractivity contribution in [2.45, 2.75) is 6.54 Å². The molecule has 0 fully saturated rings. The Bertz CT molecular complexity index is 2810. The van der Waals surface area contributed by atoms with Crippen molar-refractivity contribution in [3.8, 4) is 27.9 Å². The number of rotatable bonds is 5. The summed E-state index contributed by atoms with van der Waals surface area (Å²) >= 11 is 0. The molecule has 1 heterocycles. The SMILES string of the molecule is C=N/C(=C1/C=CC=CC1=NCc1ccc2c(c1)c1c3ccccc3ccc1n2-c1ccccc1)c1ccc2c3c(cccc13)-c1ccccc1-2. The molecule has 50 heavy (non-hydrogen) atoms. The fraction of sp³-hybridized carbons (Fsp3) is 0.0213. The van der Waals surface area contributed by atoms with Crippen LogP contribution in [0.4, 0.5) is 0 Å². The maximum Gasteiger partial charge on any atom is 0.0794 e. The van der Waals surface area contributed by atoms with E-state index >= 15 is 0 Å². The van der Waals surface area contributed by atoms with Gasteiger partial charge < -0.3 is 4.57 Å². The van der Waals surface area contributed by atoms with Crippen molar-refractivity contribution < 1.29 is 0 Å². The Morgan fingerprint density at radius 2 is 1.28 bits per heavy atom. The van der Waals surface area contributed by atoms with Gasteiger partial charge >= 0.3 is 0 Å². The smallest absolute Gasteiger partial charge is 0.0794 e. The van der Waals surface area contributed by atoms with Gasteiger partial charge in [0.25, 0.3) is 0 Å². The molecule has 234 valence electrons. The minimum Gasteiger partial charge on any atom is -0.309 e. The monoisotopic (exact) mass is 637 g/mol. The predicted octanol–water partition coefficient (Wildman–Crippen LogP) is 11.9. The van der Waals surface area contributed by atoms with Gasteiger partial charge in [-0.15, -0.1) is 0 Å². The summed E-state index contributed by atoms with van der Waals surface area (Å²) in [4.78, 5) is 9.89. The minimum atomic E-state index is 0.541. The molecule has 0 atom stereocenters. The molecule has 2 aliphatic rings. The molecule has 3 heteroatoms. The molecular weight excluding hydrogens is 607 g/mol. The molecule has 0 N–H and O–H groups in total. The second kappa shape index (κ2) is 11.3. The number of hydrogen-bond acceptors (Lipinski definition) is 2. The van der Waals surface area contributed by atoms with Gasteiger partial charge in [0, 0.05) is 27.6 Å². The molecule has 0 bridgehead atoms. The van der Waals surface area contributed by atoms with Crippen LogP contribution in [-0.2, 0) is 6.54 Å². The van der Waals surface area contributed by atoms with Crippen molar-refractivity contribution in [3.05, 3.63) is 181 Å². The minimum absolute atomic E-state index is 0.541. The van der Waals surface area contributed by atoms with E-state index in [-0.39, 0.29) is 0 Å². The predicted molar refractivity (Wildman–Crippen MR) is 213 cm³/mol. The molecular formula is C47H31N3. The fourth-order valence-electron chi connectivity index (χ4n) is 8.11. The number of aromatic nitrogens is 1. The molecule has 0 saturated heterocycles. The lowest BCUT2D eigenvalue weighted by molar-refractivity contribution is 1.07. The van der Waals surface area contributed by atoms with E-state index < -0.39 is 0 Å². The molecule has 1 aromatic heterocycles. The van der Waals surface area contributed by atoms with Crippen LogP contribution in [0.25, 0.3) is 77.0 Å². The summed E-state index contributed by atoms with van der Waals surface area (Å²) in [6.45, 7) is 4.61. The van der Waals surface area contributed by atoms with Crippen LogP contribution >= 0.6 is 0 Å². The Labute approximate surface area is 290 Å². The van der Waals surface area contributed by atoms with Gasteiger partial charge in [-0.25, -0.2) is 0 Å². The lowest BCUT2D eigenvalue weighted by Gasteiger charge is -2.15. The molecule has 0 radical (unpaired) electrons.